The molecule has 17 heteroatoms. The van der Waals surface area contributed by atoms with Crippen molar-refractivity contribution in [3.05, 3.63) is 158 Å². The molecular formula is C49H53FN4O12. The molecule has 66 heavy (non-hydrogen) atoms. The summed E-state index contributed by atoms with van der Waals surface area (Å²) < 4.78 is 40.2. The number of carbonyl (C=O) groups excluding carboxylic acids is 1. The molecule has 348 valence electrons. The number of methoxy groups -OCH3 is 1. The second-order valence-electron chi connectivity index (χ2n) is 16.6. The zero-order chi connectivity index (χ0) is 46.8. The van der Waals surface area contributed by atoms with E-state index < -0.39 is 45.4 Å². The number of allylic oxidation sites excluding steroid dienone is 1. The number of nitro benzene ring substituents is 2. The molecule has 1 amide bonds. The fourth-order valence-corrected chi connectivity index (χ4v) is 9.61. The molecule has 1 saturated carbocycles. The van der Waals surface area contributed by atoms with Crippen LogP contribution in [0, 0.1) is 43.8 Å². The van der Waals surface area contributed by atoms with Crippen LogP contribution in [-0.4, -0.2) is 75.5 Å². The second kappa shape index (κ2) is 21.5. The number of carbonyl (C=O) groups is 1. The number of hydrogen-bond donors (Lipinski definition) is 2. The lowest BCUT2D eigenvalue weighted by atomic mass is 9.55. The molecule has 0 spiro atoms. The maximum Gasteiger partial charge on any atom is 0.410 e. The number of amides is 1. The number of halogens is 1. The molecule has 0 saturated heterocycles. The summed E-state index contributed by atoms with van der Waals surface area (Å²) in [5.74, 6) is -2.36. The summed E-state index contributed by atoms with van der Waals surface area (Å²) >= 11 is 0. The van der Waals surface area contributed by atoms with E-state index in [0.717, 1.165) is 11.1 Å². The smallest absolute Gasteiger partial charge is 0.410 e. The highest BCUT2D eigenvalue weighted by Crippen LogP contribution is 2.62. The van der Waals surface area contributed by atoms with Crippen LogP contribution in [0.25, 0.3) is 0 Å². The van der Waals surface area contributed by atoms with Crippen LogP contribution < -0.4 is 9.47 Å². The normalized spacial score (nSPS) is 22.2. The third-order valence-electron chi connectivity index (χ3n) is 12.5. The van der Waals surface area contributed by atoms with E-state index in [-0.39, 0.29) is 68.4 Å². The first-order chi connectivity index (χ1) is 32.0. The molecule has 7 rings (SSSR count). The minimum absolute atomic E-state index is 0.000103. The van der Waals surface area contributed by atoms with Gasteiger partial charge in [0.05, 0.1) is 41.3 Å². The number of benzene rings is 4. The van der Waals surface area contributed by atoms with Gasteiger partial charge >= 0.3 is 6.09 Å². The Kier molecular flexibility index (Phi) is 15.4. The predicted octanol–water partition coefficient (Wildman–Crippen LogP) is 9.54. The molecular weight excluding hydrogens is 856 g/mol. The van der Waals surface area contributed by atoms with Crippen LogP contribution in [-0.2, 0) is 27.5 Å². The van der Waals surface area contributed by atoms with Crippen molar-refractivity contribution in [2.45, 2.75) is 75.8 Å². The van der Waals surface area contributed by atoms with Crippen molar-refractivity contribution < 1.29 is 53.0 Å². The molecule has 6 atom stereocenters. The van der Waals surface area contributed by atoms with Gasteiger partial charge in [-0.25, -0.2) is 9.18 Å². The van der Waals surface area contributed by atoms with E-state index in [0.29, 0.717) is 66.9 Å². The van der Waals surface area contributed by atoms with Crippen molar-refractivity contribution in [3.63, 3.8) is 0 Å². The summed E-state index contributed by atoms with van der Waals surface area (Å²) in [6.45, 7) is 3.89. The Labute approximate surface area is 381 Å². The lowest BCUT2D eigenvalue weighted by Crippen LogP contribution is -2.70. The van der Waals surface area contributed by atoms with Gasteiger partial charge in [-0.3, -0.25) is 25.1 Å². The standard InChI is InChI=1S/C49H53FN4O12/c1-3-25-63-49-45(52(48(57)62-2)30-32-13-17-35(50)18-14-32)29-43(51-64-31-33-15-19-36(20-16-33)53(58)59)41-26-34(9-4-6-23-55)40(12-5-7-24-56)46(47(41)49)42-28-39(21-22-44(42)66-49)65-38-11-8-10-37(27-38)54(60)61/h3,8,10-11,13-22,26-28,34,40,45-47,55-56H,1,4-7,9,12,23-25,29-31H2,2H3/t34-,40+,45-,46+,47+,49+/m0/s1. The lowest BCUT2D eigenvalue weighted by molar-refractivity contribution is -0.385. The van der Waals surface area contributed by atoms with Gasteiger partial charge in [0.1, 0.15) is 35.7 Å². The number of non-ortho nitro benzene ring substituents is 2. The van der Waals surface area contributed by atoms with Crippen molar-refractivity contribution in [1.29, 1.82) is 0 Å². The zero-order valence-electron chi connectivity index (χ0n) is 36.5. The van der Waals surface area contributed by atoms with Crippen molar-refractivity contribution in [3.8, 4) is 17.2 Å². The Hall–Kier alpha value is -6.69. The molecule has 2 N–H and O–H groups in total. The number of oxime groups is 1. The monoisotopic (exact) mass is 908 g/mol. The van der Waals surface area contributed by atoms with Gasteiger partial charge in [-0.2, -0.15) is 0 Å². The average molecular weight is 909 g/mol. The highest BCUT2D eigenvalue weighted by atomic mass is 19.1. The van der Waals surface area contributed by atoms with Crippen LogP contribution in [0.5, 0.6) is 17.2 Å². The van der Waals surface area contributed by atoms with Crippen LogP contribution in [0.2, 0.25) is 0 Å². The van der Waals surface area contributed by atoms with Crippen LogP contribution in [0.1, 0.15) is 67.6 Å². The largest absolute Gasteiger partial charge is 0.459 e. The number of nitro groups is 2. The van der Waals surface area contributed by atoms with E-state index in [1.54, 1.807) is 54.6 Å². The molecule has 2 aliphatic carbocycles. The van der Waals surface area contributed by atoms with E-state index >= 15 is 0 Å². The predicted molar refractivity (Wildman–Crippen MR) is 240 cm³/mol. The number of rotatable bonds is 21. The first kappa shape index (κ1) is 47.3. The summed E-state index contributed by atoms with van der Waals surface area (Å²) in [7, 11) is 1.27. The van der Waals surface area contributed by atoms with Crippen molar-refractivity contribution in [2.24, 2.45) is 22.9 Å². The van der Waals surface area contributed by atoms with E-state index in [2.05, 4.69) is 12.7 Å². The minimum atomic E-state index is -1.64. The maximum absolute atomic E-state index is 14.2. The fourth-order valence-electron chi connectivity index (χ4n) is 9.61. The second-order valence-corrected chi connectivity index (χ2v) is 16.6. The Bertz CT molecular complexity index is 2430. The Morgan fingerprint density at radius 3 is 2.30 bits per heavy atom. The van der Waals surface area contributed by atoms with Crippen LogP contribution in [0.15, 0.2) is 120 Å². The van der Waals surface area contributed by atoms with Gasteiger partial charge in [-0.1, -0.05) is 48.3 Å². The molecule has 0 radical (unpaired) electrons. The van der Waals surface area contributed by atoms with Crippen LogP contribution in [0.3, 0.4) is 0 Å². The molecule has 4 aromatic rings. The molecule has 1 aliphatic heterocycles. The Balaban J connectivity index is 1.44. The SMILES string of the molecule is C=CCO[C@@]12Oc3ccc(Oc4cccc([N+](=O)[O-])c4)cc3[C@H]3[C@H](CCCCO)[C@@H](CCCCO)C=C(C(=NOCc4ccc([N+](=O)[O-])cc4)C[C@@H]1N(Cc1ccc(F)cc1)C(=O)OC)[C@H]32. The lowest BCUT2D eigenvalue weighted by Gasteiger charge is -2.59. The van der Waals surface area contributed by atoms with Gasteiger partial charge in [-0.05, 0) is 103 Å². The minimum Gasteiger partial charge on any atom is -0.459 e. The van der Waals surface area contributed by atoms with Crippen molar-refractivity contribution in [2.75, 3.05) is 26.9 Å². The van der Waals surface area contributed by atoms with Gasteiger partial charge in [0.15, 0.2) is 0 Å². The number of fused-ring (bicyclic) bond motifs is 2. The number of ether oxygens (including phenoxy) is 4. The van der Waals surface area contributed by atoms with E-state index in [4.69, 9.17) is 28.9 Å². The molecule has 0 unspecified atom stereocenters. The van der Waals surface area contributed by atoms with E-state index in [9.17, 15) is 39.6 Å². The van der Waals surface area contributed by atoms with Crippen molar-refractivity contribution >= 4 is 23.2 Å². The highest BCUT2D eigenvalue weighted by molar-refractivity contribution is 6.03. The number of aliphatic hydroxyl groups excluding tert-OH is 2. The Morgan fingerprint density at radius 2 is 1.62 bits per heavy atom. The van der Waals surface area contributed by atoms with Gasteiger partial charge in [0.2, 0.25) is 5.79 Å². The molecule has 0 bridgehead atoms. The molecule has 1 fully saturated rings. The first-order valence-electron chi connectivity index (χ1n) is 21.9. The maximum atomic E-state index is 14.2. The number of nitrogens with zero attached hydrogens (tertiary/aromatic N) is 4. The summed E-state index contributed by atoms with van der Waals surface area (Å²) in [5, 5.41) is 47.7. The van der Waals surface area contributed by atoms with Crippen molar-refractivity contribution in [1.82, 2.24) is 4.90 Å². The molecule has 0 aromatic heterocycles. The topological polar surface area (TPSA) is 206 Å². The van der Waals surface area contributed by atoms with Gasteiger partial charge in [0, 0.05) is 55.9 Å². The summed E-state index contributed by atoms with van der Waals surface area (Å²) in [4.78, 5) is 43.9. The molecule has 16 nitrogen and oxygen atoms in total. The van der Waals surface area contributed by atoms with E-state index in [1.807, 2.05) is 6.07 Å². The van der Waals surface area contributed by atoms with E-state index in [1.165, 1.54) is 48.4 Å². The Morgan fingerprint density at radius 1 is 0.924 bits per heavy atom. The fraction of sp³-hybridized carbons (Fsp3) is 0.388. The number of aliphatic hydroxyl groups is 2. The average Bonchev–Trinajstić information content (AvgIpc) is 3.32. The number of unbranched alkanes of at least 4 members (excludes halogenated alkanes) is 2. The summed E-state index contributed by atoms with van der Waals surface area (Å²) in [6.07, 6.45) is 6.94. The summed E-state index contributed by atoms with van der Waals surface area (Å²) in [6, 6.07) is 21.9. The zero-order valence-corrected chi connectivity index (χ0v) is 36.5. The van der Waals surface area contributed by atoms with Gasteiger partial charge < -0.3 is 34.0 Å². The quantitative estimate of drug-likeness (QED) is 0.0347. The van der Waals surface area contributed by atoms with Gasteiger partial charge in [-0.15, -0.1) is 6.58 Å². The van der Waals surface area contributed by atoms with Crippen LogP contribution >= 0.6 is 0 Å². The molecule has 4 aromatic carbocycles. The molecule has 1 heterocycles. The third-order valence-corrected chi connectivity index (χ3v) is 12.5. The highest BCUT2D eigenvalue weighted by Gasteiger charge is 2.65. The first-order valence-corrected chi connectivity index (χ1v) is 21.9. The molecule has 3 aliphatic rings. The third kappa shape index (κ3) is 10.4. The summed E-state index contributed by atoms with van der Waals surface area (Å²) in [5.41, 5.74) is 3.00. The van der Waals surface area contributed by atoms with Gasteiger partial charge in [0.25, 0.3) is 11.4 Å². The van der Waals surface area contributed by atoms with Crippen LogP contribution in [0.4, 0.5) is 20.6 Å². The number of hydrogen-bond acceptors (Lipinski definition) is 13.